The molecule has 0 saturated carbocycles. The van der Waals surface area contributed by atoms with E-state index in [0.29, 0.717) is 33.8 Å². The average molecular weight is 537 g/mol. The van der Waals surface area contributed by atoms with Gasteiger partial charge >= 0.3 is 5.97 Å². The molecule has 0 aliphatic heterocycles. The van der Waals surface area contributed by atoms with Crippen molar-refractivity contribution in [1.29, 1.82) is 0 Å². The first-order valence-electron chi connectivity index (χ1n) is 11.6. The maximum absolute atomic E-state index is 12.9. The van der Waals surface area contributed by atoms with Crippen LogP contribution < -0.4 is 10.1 Å². The van der Waals surface area contributed by atoms with Gasteiger partial charge in [-0.15, -0.1) is 21.5 Å². The second-order valence-corrected chi connectivity index (χ2v) is 10.1. The minimum atomic E-state index is -0.493. The Morgan fingerprint density at radius 2 is 1.84 bits per heavy atom. The van der Waals surface area contributed by atoms with Crippen molar-refractivity contribution in [3.63, 3.8) is 0 Å². The normalized spacial score (nSPS) is 10.8. The lowest BCUT2D eigenvalue weighted by Crippen LogP contribution is -2.16. The van der Waals surface area contributed by atoms with Gasteiger partial charge in [-0.1, -0.05) is 47.7 Å². The van der Waals surface area contributed by atoms with Gasteiger partial charge in [0, 0.05) is 17.5 Å². The molecule has 192 valence electrons. The number of amides is 1. The lowest BCUT2D eigenvalue weighted by molar-refractivity contribution is -0.113. The number of ether oxygens (including phenoxy) is 2. The van der Waals surface area contributed by atoms with E-state index in [9.17, 15) is 9.59 Å². The van der Waals surface area contributed by atoms with Crippen molar-refractivity contribution >= 4 is 40.0 Å². The number of hydrogen-bond acceptors (Lipinski definition) is 8. The van der Waals surface area contributed by atoms with Gasteiger partial charge in [-0.05, 0) is 44.0 Å². The van der Waals surface area contributed by atoms with Gasteiger partial charge in [-0.2, -0.15) is 0 Å². The van der Waals surface area contributed by atoms with Crippen LogP contribution in [0.25, 0.3) is 22.5 Å². The maximum Gasteiger partial charge on any atom is 0.341 e. The van der Waals surface area contributed by atoms with Crippen LogP contribution in [0.3, 0.4) is 0 Å². The number of thiophene rings is 1. The summed E-state index contributed by atoms with van der Waals surface area (Å²) in [5.41, 5.74) is 4.98. The summed E-state index contributed by atoms with van der Waals surface area (Å²) in [6, 6.07) is 13.7. The Balaban J connectivity index is 1.54. The summed E-state index contributed by atoms with van der Waals surface area (Å²) >= 11 is 2.58. The molecule has 2 aromatic carbocycles. The summed E-state index contributed by atoms with van der Waals surface area (Å²) in [4.78, 5) is 25.7. The van der Waals surface area contributed by atoms with Crippen LogP contribution in [0.4, 0.5) is 5.00 Å². The van der Waals surface area contributed by atoms with Crippen molar-refractivity contribution in [3.05, 3.63) is 64.5 Å². The molecule has 4 aromatic rings. The number of hydrogen-bond donors (Lipinski definition) is 1. The van der Waals surface area contributed by atoms with Crippen LogP contribution in [0.5, 0.6) is 5.75 Å². The van der Waals surface area contributed by atoms with E-state index in [1.807, 2.05) is 73.2 Å². The van der Waals surface area contributed by atoms with Crippen LogP contribution in [0, 0.1) is 13.8 Å². The fourth-order valence-electron chi connectivity index (χ4n) is 3.98. The summed E-state index contributed by atoms with van der Waals surface area (Å²) in [5, 5.41) is 14.5. The number of carbonyl (C=O) groups excluding carboxylic acids is 2. The zero-order valence-corrected chi connectivity index (χ0v) is 23.0. The van der Waals surface area contributed by atoms with E-state index in [1.54, 1.807) is 7.11 Å². The fraction of sp³-hybridized carbons (Fsp3) is 0.259. The first-order valence-corrected chi connectivity index (χ1v) is 13.5. The highest BCUT2D eigenvalue weighted by Crippen LogP contribution is 2.38. The van der Waals surface area contributed by atoms with E-state index in [-0.39, 0.29) is 11.7 Å². The molecule has 1 N–H and O–H groups in total. The molecule has 10 heteroatoms. The van der Waals surface area contributed by atoms with Crippen LogP contribution in [-0.2, 0) is 16.1 Å². The number of carbonyl (C=O) groups is 2. The van der Waals surface area contributed by atoms with E-state index in [2.05, 4.69) is 15.5 Å². The number of aryl methyl sites for hydroxylation is 2. The largest absolute Gasteiger partial charge is 0.496 e. The molecule has 0 aliphatic rings. The molecule has 0 saturated heterocycles. The smallest absolute Gasteiger partial charge is 0.341 e. The number of anilines is 1. The summed E-state index contributed by atoms with van der Waals surface area (Å²) in [6.07, 6.45) is 0. The Kier molecular flexibility index (Phi) is 8.30. The highest BCUT2D eigenvalue weighted by Gasteiger charge is 2.24. The molecule has 2 aromatic heterocycles. The van der Waals surface area contributed by atoms with Gasteiger partial charge in [0.2, 0.25) is 5.91 Å². The molecule has 2 heterocycles. The molecule has 37 heavy (non-hydrogen) atoms. The van der Waals surface area contributed by atoms with Gasteiger partial charge in [0.15, 0.2) is 11.0 Å². The number of nitrogens with one attached hydrogen (secondary N) is 1. The molecule has 0 radical (unpaired) electrons. The molecule has 0 unspecified atom stereocenters. The standard InChI is InChI=1S/C27H28N4O4S2/c1-6-31-24(18-9-7-8-10-21(18)34-4)29-30-27(31)37-15-22(32)28-25-23(26(33)35-5)20(14-36-25)19-13-16(2)11-12-17(19)3/h7-14H,6,15H2,1-5H3,(H,28,32). The van der Waals surface area contributed by atoms with E-state index < -0.39 is 5.97 Å². The fourth-order valence-corrected chi connectivity index (χ4v) is 5.75. The third-order valence-corrected chi connectivity index (χ3v) is 7.69. The third kappa shape index (κ3) is 5.55. The Morgan fingerprint density at radius 3 is 2.57 bits per heavy atom. The summed E-state index contributed by atoms with van der Waals surface area (Å²) in [6.45, 7) is 6.61. The van der Waals surface area contributed by atoms with E-state index in [1.165, 1.54) is 30.2 Å². The van der Waals surface area contributed by atoms with Crippen molar-refractivity contribution in [2.45, 2.75) is 32.5 Å². The average Bonchev–Trinajstić information content (AvgIpc) is 3.52. The second kappa shape index (κ2) is 11.6. The molecule has 1 amide bonds. The van der Waals surface area contributed by atoms with Crippen LogP contribution in [0.15, 0.2) is 53.0 Å². The highest BCUT2D eigenvalue weighted by molar-refractivity contribution is 7.99. The van der Waals surface area contributed by atoms with Gasteiger partial charge in [-0.3, -0.25) is 4.79 Å². The third-order valence-electron chi connectivity index (χ3n) is 5.83. The molecule has 0 aliphatic carbocycles. The Bertz CT molecular complexity index is 1440. The van der Waals surface area contributed by atoms with Crippen LogP contribution in [0.2, 0.25) is 0 Å². The lowest BCUT2D eigenvalue weighted by Gasteiger charge is -2.11. The van der Waals surface area contributed by atoms with Crippen molar-refractivity contribution in [1.82, 2.24) is 14.8 Å². The number of aromatic nitrogens is 3. The van der Waals surface area contributed by atoms with Gasteiger partial charge in [-0.25, -0.2) is 4.79 Å². The van der Waals surface area contributed by atoms with Crippen molar-refractivity contribution in [3.8, 4) is 28.3 Å². The summed E-state index contributed by atoms with van der Waals surface area (Å²) in [5.74, 6) is 0.724. The molecule has 0 spiro atoms. The zero-order chi connectivity index (χ0) is 26.5. The molecule has 0 fully saturated rings. The van der Waals surface area contributed by atoms with Crippen molar-refractivity contribution in [2.24, 2.45) is 0 Å². The first kappa shape index (κ1) is 26.4. The van der Waals surface area contributed by atoms with E-state index in [4.69, 9.17) is 9.47 Å². The van der Waals surface area contributed by atoms with Gasteiger partial charge in [0.05, 0.1) is 25.5 Å². The predicted octanol–water partition coefficient (Wildman–Crippen LogP) is 5.84. The van der Waals surface area contributed by atoms with Gasteiger partial charge in [0.1, 0.15) is 16.3 Å². The zero-order valence-electron chi connectivity index (χ0n) is 21.3. The van der Waals surface area contributed by atoms with Crippen molar-refractivity contribution in [2.75, 3.05) is 25.3 Å². The molecule has 0 bridgehead atoms. The Labute approximate surface area is 224 Å². The summed E-state index contributed by atoms with van der Waals surface area (Å²) < 4.78 is 12.5. The lowest BCUT2D eigenvalue weighted by atomic mass is 9.97. The topological polar surface area (TPSA) is 95.3 Å². The Hall–Kier alpha value is -3.63. The molecular weight excluding hydrogens is 508 g/mol. The predicted molar refractivity (Wildman–Crippen MR) is 148 cm³/mol. The number of nitrogens with zero attached hydrogens (tertiary/aromatic N) is 3. The minimum absolute atomic E-state index is 0.0986. The van der Waals surface area contributed by atoms with Gasteiger partial charge < -0.3 is 19.4 Å². The van der Waals surface area contributed by atoms with Crippen LogP contribution in [-0.4, -0.2) is 46.6 Å². The monoisotopic (exact) mass is 536 g/mol. The van der Waals surface area contributed by atoms with E-state index in [0.717, 1.165) is 27.8 Å². The first-order chi connectivity index (χ1) is 17.9. The van der Waals surface area contributed by atoms with Crippen molar-refractivity contribution < 1.29 is 19.1 Å². The summed E-state index contributed by atoms with van der Waals surface area (Å²) in [7, 11) is 2.95. The Morgan fingerprint density at radius 1 is 1.05 bits per heavy atom. The molecule has 8 nitrogen and oxygen atoms in total. The quantitative estimate of drug-likeness (QED) is 0.212. The maximum atomic E-state index is 12.9. The van der Waals surface area contributed by atoms with Gasteiger partial charge in [0.25, 0.3) is 0 Å². The number of methoxy groups -OCH3 is 2. The number of benzene rings is 2. The van der Waals surface area contributed by atoms with Crippen LogP contribution in [0.1, 0.15) is 28.4 Å². The SMILES string of the molecule is CCn1c(SCC(=O)Nc2scc(-c3cc(C)ccc3C)c2C(=O)OC)nnc1-c1ccccc1OC. The second-order valence-electron chi connectivity index (χ2n) is 8.25. The number of rotatable bonds is 9. The van der Waals surface area contributed by atoms with Crippen LogP contribution >= 0.6 is 23.1 Å². The number of esters is 1. The molecular formula is C27H28N4O4S2. The number of thioether (sulfide) groups is 1. The molecule has 0 atom stereocenters. The highest BCUT2D eigenvalue weighted by atomic mass is 32.2. The number of para-hydroxylation sites is 1. The molecule has 4 rings (SSSR count). The van der Waals surface area contributed by atoms with E-state index >= 15 is 0 Å². The minimum Gasteiger partial charge on any atom is -0.496 e.